The third-order valence-electron chi connectivity index (χ3n) is 2.53. The molecule has 1 N–H and O–H groups in total. The van der Waals surface area contributed by atoms with Gasteiger partial charge in [0, 0.05) is 28.0 Å². The van der Waals surface area contributed by atoms with Crippen LogP contribution in [0, 0.1) is 5.82 Å². The Morgan fingerprint density at radius 2 is 1.90 bits per heavy atom. The van der Waals surface area contributed by atoms with Crippen molar-refractivity contribution >= 4 is 39.0 Å². The van der Waals surface area contributed by atoms with Gasteiger partial charge in [-0.05, 0) is 42.5 Å². The topological polar surface area (TPSA) is 29.1 Å². The number of rotatable bonds is 4. The Kier molecular flexibility index (Phi) is 4.93. The molecule has 0 saturated heterocycles. The van der Waals surface area contributed by atoms with Gasteiger partial charge in [0.25, 0.3) is 0 Å². The minimum atomic E-state index is -0.480. The number of nitrogens with one attached hydrogen (secondary N) is 1. The standard InChI is InChI=1S/C15H10BrClFNO/c16-11-3-1-10(2-4-11)15(20)7-8-19-12-5-6-14(18)13(17)9-12/h1-9,19H. The number of halogens is 3. The van der Waals surface area contributed by atoms with Gasteiger partial charge in [0.05, 0.1) is 5.02 Å². The molecule has 0 radical (unpaired) electrons. The Morgan fingerprint density at radius 1 is 1.20 bits per heavy atom. The van der Waals surface area contributed by atoms with Crippen LogP contribution in [-0.4, -0.2) is 5.78 Å². The first-order chi connectivity index (χ1) is 9.56. The molecule has 2 nitrogen and oxygen atoms in total. The highest BCUT2D eigenvalue weighted by Gasteiger charge is 2.01. The Hall–Kier alpha value is -1.65. The van der Waals surface area contributed by atoms with Crippen LogP contribution < -0.4 is 5.32 Å². The first kappa shape index (κ1) is 14.8. The second kappa shape index (κ2) is 6.68. The van der Waals surface area contributed by atoms with E-state index >= 15 is 0 Å². The van der Waals surface area contributed by atoms with Crippen molar-refractivity contribution in [1.29, 1.82) is 0 Å². The van der Waals surface area contributed by atoms with Gasteiger partial charge in [0.1, 0.15) is 5.82 Å². The van der Waals surface area contributed by atoms with Gasteiger partial charge in [-0.25, -0.2) is 4.39 Å². The molecule has 5 heteroatoms. The van der Waals surface area contributed by atoms with Crippen molar-refractivity contribution in [3.05, 3.63) is 75.6 Å². The molecule has 0 aromatic heterocycles. The number of hydrogen-bond acceptors (Lipinski definition) is 2. The minimum Gasteiger partial charge on any atom is -0.361 e. The van der Waals surface area contributed by atoms with E-state index < -0.39 is 5.82 Å². The van der Waals surface area contributed by atoms with Crippen LogP contribution in [-0.2, 0) is 0 Å². The molecule has 0 fully saturated rings. The van der Waals surface area contributed by atoms with Crippen molar-refractivity contribution in [2.75, 3.05) is 5.32 Å². The molecule has 0 spiro atoms. The molecule has 102 valence electrons. The van der Waals surface area contributed by atoms with E-state index in [1.165, 1.54) is 30.5 Å². The number of benzene rings is 2. The summed E-state index contributed by atoms with van der Waals surface area (Å²) in [6, 6.07) is 11.3. The summed E-state index contributed by atoms with van der Waals surface area (Å²) < 4.78 is 13.9. The van der Waals surface area contributed by atoms with Gasteiger partial charge >= 0.3 is 0 Å². The van der Waals surface area contributed by atoms with Crippen molar-refractivity contribution in [1.82, 2.24) is 0 Å². The normalized spacial score (nSPS) is 10.8. The van der Waals surface area contributed by atoms with E-state index in [2.05, 4.69) is 21.2 Å². The van der Waals surface area contributed by atoms with Crippen LogP contribution in [0.15, 0.2) is 59.2 Å². The smallest absolute Gasteiger partial charge is 0.187 e. The molecule has 0 saturated carbocycles. The lowest BCUT2D eigenvalue weighted by atomic mass is 10.1. The Balaban J connectivity index is 2.00. The first-order valence-electron chi connectivity index (χ1n) is 5.74. The summed E-state index contributed by atoms with van der Waals surface area (Å²) >= 11 is 8.96. The largest absolute Gasteiger partial charge is 0.361 e. The van der Waals surface area contributed by atoms with Crippen molar-refractivity contribution in [2.24, 2.45) is 0 Å². The average Bonchev–Trinajstić information content (AvgIpc) is 2.43. The average molecular weight is 355 g/mol. The maximum absolute atomic E-state index is 13.0. The molecule has 0 bridgehead atoms. The fourth-order valence-corrected chi connectivity index (χ4v) is 1.95. The molecule has 2 rings (SSSR count). The lowest BCUT2D eigenvalue weighted by Crippen LogP contribution is -1.96. The highest BCUT2D eigenvalue weighted by Crippen LogP contribution is 2.19. The molecule has 0 amide bonds. The molecule has 2 aromatic carbocycles. The van der Waals surface area contributed by atoms with E-state index in [4.69, 9.17) is 11.6 Å². The van der Waals surface area contributed by atoms with Gasteiger partial charge in [-0.3, -0.25) is 4.79 Å². The number of anilines is 1. The lowest BCUT2D eigenvalue weighted by Gasteiger charge is -2.01. The molecule has 0 aliphatic heterocycles. The summed E-state index contributed by atoms with van der Waals surface area (Å²) in [5.41, 5.74) is 1.19. The minimum absolute atomic E-state index is 0.0302. The molecule has 2 aromatic rings. The van der Waals surface area contributed by atoms with Gasteiger partial charge in [-0.1, -0.05) is 27.5 Å². The van der Waals surface area contributed by atoms with Crippen LogP contribution in [0.2, 0.25) is 5.02 Å². The highest BCUT2D eigenvalue weighted by atomic mass is 79.9. The summed E-state index contributed by atoms with van der Waals surface area (Å²) in [6.07, 6.45) is 2.90. The molecule has 20 heavy (non-hydrogen) atoms. The van der Waals surface area contributed by atoms with E-state index in [-0.39, 0.29) is 10.8 Å². The Labute approximate surface area is 129 Å². The van der Waals surface area contributed by atoms with Crippen LogP contribution >= 0.6 is 27.5 Å². The van der Waals surface area contributed by atoms with Crippen LogP contribution in [0.5, 0.6) is 0 Å². The van der Waals surface area contributed by atoms with Crippen LogP contribution in [0.4, 0.5) is 10.1 Å². The molecular formula is C15H10BrClFNO. The quantitative estimate of drug-likeness (QED) is 0.615. The molecule has 0 atom stereocenters. The van der Waals surface area contributed by atoms with Gasteiger partial charge in [-0.15, -0.1) is 0 Å². The summed E-state index contributed by atoms with van der Waals surface area (Å²) in [5, 5.41) is 2.89. The highest BCUT2D eigenvalue weighted by molar-refractivity contribution is 9.10. The number of allylic oxidation sites excluding steroid dienone is 1. The van der Waals surface area contributed by atoms with E-state index in [0.717, 1.165) is 4.47 Å². The molecule has 0 unspecified atom stereocenters. The maximum atomic E-state index is 13.0. The van der Waals surface area contributed by atoms with Gasteiger partial charge < -0.3 is 5.32 Å². The zero-order chi connectivity index (χ0) is 14.5. The van der Waals surface area contributed by atoms with Crippen molar-refractivity contribution in [3.8, 4) is 0 Å². The second-order valence-electron chi connectivity index (χ2n) is 3.98. The second-order valence-corrected chi connectivity index (χ2v) is 5.30. The summed E-state index contributed by atoms with van der Waals surface area (Å²) in [6.45, 7) is 0. The van der Waals surface area contributed by atoms with E-state index in [1.54, 1.807) is 24.3 Å². The summed E-state index contributed by atoms with van der Waals surface area (Å²) in [7, 11) is 0. The van der Waals surface area contributed by atoms with Crippen molar-refractivity contribution in [2.45, 2.75) is 0 Å². The summed E-state index contributed by atoms with van der Waals surface area (Å²) in [4.78, 5) is 11.8. The van der Waals surface area contributed by atoms with E-state index in [1.807, 2.05) is 0 Å². The predicted molar refractivity (Wildman–Crippen MR) is 82.6 cm³/mol. The van der Waals surface area contributed by atoms with E-state index in [9.17, 15) is 9.18 Å². The Morgan fingerprint density at radius 3 is 2.55 bits per heavy atom. The van der Waals surface area contributed by atoms with Gasteiger partial charge in [0.15, 0.2) is 5.78 Å². The molecule has 0 aliphatic rings. The zero-order valence-electron chi connectivity index (χ0n) is 10.2. The number of hydrogen-bond donors (Lipinski definition) is 1. The van der Waals surface area contributed by atoms with Crippen molar-refractivity contribution in [3.63, 3.8) is 0 Å². The predicted octanol–water partition coefficient (Wildman–Crippen LogP) is 5.05. The lowest BCUT2D eigenvalue weighted by molar-refractivity contribution is 0.104. The van der Waals surface area contributed by atoms with Crippen LogP contribution in [0.1, 0.15) is 10.4 Å². The summed E-state index contributed by atoms with van der Waals surface area (Å²) in [5.74, 6) is -0.606. The van der Waals surface area contributed by atoms with Crippen LogP contribution in [0.25, 0.3) is 0 Å². The SMILES string of the molecule is O=C(C=CNc1ccc(F)c(Cl)c1)c1ccc(Br)cc1. The molecule has 0 aliphatic carbocycles. The fraction of sp³-hybridized carbons (Fsp3) is 0. The molecule has 0 heterocycles. The first-order valence-corrected chi connectivity index (χ1v) is 6.91. The monoisotopic (exact) mass is 353 g/mol. The number of carbonyl (C=O) groups is 1. The van der Waals surface area contributed by atoms with Crippen LogP contribution in [0.3, 0.4) is 0 Å². The third-order valence-corrected chi connectivity index (χ3v) is 3.35. The van der Waals surface area contributed by atoms with Gasteiger partial charge in [-0.2, -0.15) is 0 Å². The third kappa shape index (κ3) is 3.92. The molecular weight excluding hydrogens is 345 g/mol. The van der Waals surface area contributed by atoms with E-state index in [0.29, 0.717) is 11.3 Å². The number of ketones is 1. The number of carbonyl (C=O) groups excluding carboxylic acids is 1. The van der Waals surface area contributed by atoms with Gasteiger partial charge in [0.2, 0.25) is 0 Å². The zero-order valence-corrected chi connectivity index (χ0v) is 12.6. The fourth-order valence-electron chi connectivity index (χ4n) is 1.51. The Bertz CT molecular complexity index is 655. The van der Waals surface area contributed by atoms with Crippen molar-refractivity contribution < 1.29 is 9.18 Å². The maximum Gasteiger partial charge on any atom is 0.187 e.